The predicted molar refractivity (Wildman–Crippen MR) is 63.9 cm³/mol. The Hall–Kier alpha value is -1.54. The number of carbonyl (C=O) groups excluding carboxylic acids is 1. The van der Waals surface area contributed by atoms with Gasteiger partial charge in [-0.05, 0) is 24.4 Å². The standard InChI is InChI=1S/C8H8N4O2S2/c13-6(5-1-2-10-14-5)11-8(16)12-4-3-9-7(12)15/h1-2H,3-4H2,(H,9,15)(H,11,13,16). The number of thiocarbonyl (C=S) groups is 2. The van der Waals surface area contributed by atoms with Crippen LogP contribution in [0.3, 0.4) is 0 Å². The Kier molecular flexibility index (Phi) is 3.11. The van der Waals surface area contributed by atoms with Crippen LogP contribution in [-0.4, -0.2) is 39.3 Å². The highest BCUT2D eigenvalue weighted by Gasteiger charge is 2.22. The number of aromatic nitrogens is 1. The molecule has 0 saturated carbocycles. The van der Waals surface area contributed by atoms with E-state index in [9.17, 15) is 4.79 Å². The van der Waals surface area contributed by atoms with Crippen LogP contribution in [0.2, 0.25) is 0 Å². The molecule has 1 saturated heterocycles. The molecule has 1 aromatic heterocycles. The third-order valence-corrected chi connectivity index (χ3v) is 2.67. The molecule has 1 fully saturated rings. The molecule has 0 aliphatic carbocycles. The molecule has 1 amide bonds. The van der Waals surface area contributed by atoms with E-state index in [1.54, 1.807) is 4.90 Å². The topological polar surface area (TPSA) is 70.4 Å². The van der Waals surface area contributed by atoms with Gasteiger partial charge in [-0.15, -0.1) is 0 Å². The average Bonchev–Trinajstić information content (AvgIpc) is 2.86. The molecule has 1 aliphatic rings. The van der Waals surface area contributed by atoms with Crippen molar-refractivity contribution in [1.29, 1.82) is 0 Å². The second-order valence-electron chi connectivity index (χ2n) is 3.02. The number of amides is 1. The van der Waals surface area contributed by atoms with Crippen molar-refractivity contribution in [3.63, 3.8) is 0 Å². The molecule has 0 bridgehead atoms. The number of rotatable bonds is 1. The first-order chi connectivity index (χ1) is 7.68. The van der Waals surface area contributed by atoms with Gasteiger partial charge in [0.2, 0.25) is 5.76 Å². The largest absolute Gasteiger partial charge is 0.360 e. The summed E-state index contributed by atoms with van der Waals surface area (Å²) in [6.07, 6.45) is 1.39. The normalized spacial score (nSPS) is 14.8. The number of nitrogens with zero attached hydrogens (tertiary/aromatic N) is 2. The van der Waals surface area contributed by atoms with E-state index >= 15 is 0 Å². The Morgan fingerprint density at radius 1 is 1.69 bits per heavy atom. The molecule has 0 atom stereocenters. The van der Waals surface area contributed by atoms with Gasteiger partial charge in [-0.2, -0.15) is 0 Å². The average molecular weight is 256 g/mol. The molecule has 2 rings (SSSR count). The second-order valence-corrected chi connectivity index (χ2v) is 3.79. The predicted octanol–water partition coefficient (Wildman–Crippen LogP) is -0.121. The lowest BCUT2D eigenvalue weighted by Gasteiger charge is -2.16. The Balaban J connectivity index is 1.97. The van der Waals surface area contributed by atoms with Gasteiger partial charge in [0.15, 0.2) is 10.2 Å². The van der Waals surface area contributed by atoms with Crippen LogP contribution in [0.15, 0.2) is 16.8 Å². The van der Waals surface area contributed by atoms with Crippen molar-refractivity contribution in [3.05, 3.63) is 18.0 Å². The molecular weight excluding hydrogens is 248 g/mol. The molecule has 2 heterocycles. The number of hydrogen-bond donors (Lipinski definition) is 2. The molecule has 84 valence electrons. The maximum atomic E-state index is 11.6. The van der Waals surface area contributed by atoms with E-state index in [1.807, 2.05) is 0 Å². The zero-order chi connectivity index (χ0) is 11.5. The van der Waals surface area contributed by atoms with E-state index in [0.29, 0.717) is 11.7 Å². The molecule has 0 spiro atoms. The van der Waals surface area contributed by atoms with Crippen LogP contribution in [0.1, 0.15) is 10.6 Å². The lowest BCUT2D eigenvalue weighted by Crippen LogP contribution is -2.44. The first kappa shape index (κ1) is 11.0. The van der Waals surface area contributed by atoms with Crippen molar-refractivity contribution in [2.45, 2.75) is 0 Å². The van der Waals surface area contributed by atoms with E-state index in [-0.39, 0.29) is 10.9 Å². The molecule has 0 aromatic carbocycles. The summed E-state index contributed by atoms with van der Waals surface area (Å²) in [4.78, 5) is 13.2. The van der Waals surface area contributed by atoms with Gasteiger partial charge in [-0.25, -0.2) is 0 Å². The molecular formula is C8H8N4O2S2. The zero-order valence-corrected chi connectivity index (χ0v) is 9.73. The molecule has 6 nitrogen and oxygen atoms in total. The van der Waals surface area contributed by atoms with Crippen molar-refractivity contribution >= 4 is 40.6 Å². The summed E-state index contributed by atoms with van der Waals surface area (Å²) in [6.45, 7) is 1.37. The third kappa shape index (κ3) is 2.17. The van der Waals surface area contributed by atoms with Crippen LogP contribution < -0.4 is 10.6 Å². The molecule has 1 aliphatic heterocycles. The van der Waals surface area contributed by atoms with Gasteiger partial charge >= 0.3 is 0 Å². The van der Waals surface area contributed by atoms with Crippen molar-refractivity contribution in [2.75, 3.05) is 13.1 Å². The molecule has 8 heteroatoms. The van der Waals surface area contributed by atoms with Gasteiger partial charge in [-0.1, -0.05) is 5.16 Å². The SMILES string of the molecule is O=C(NC(=S)N1CCNC1=S)c1ccno1. The van der Waals surface area contributed by atoms with Crippen LogP contribution in [-0.2, 0) is 0 Å². The maximum Gasteiger partial charge on any atom is 0.296 e. The summed E-state index contributed by atoms with van der Waals surface area (Å²) >= 11 is 10.1. The smallest absolute Gasteiger partial charge is 0.296 e. The number of hydrogen-bond acceptors (Lipinski definition) is 5. The lowest BCUT2D eigenvalue weighted by atomic mass is 10.4. The van der Waals surface area contributed by atoms with Gasteiger partial charge in [0.05, 0.1) is 6.20 Å². The quantitative estimate of drug-likeness (QED) is 0.679. The van der Waals surface area contributed by atoms with Gasteiger partial charge in [-0.3, -0.25) is 15.0 Å². The Labute approximate surface area is 102 Å². The zero-order valence-electron chi connectivity index (χ0n) is 8.10. The summed E-state index contributed by atoms with van der Waals surface area (Å²) in [5, 5.41) is 9.66. The monoisotopic (exact) mass is 256 g/mol. The molecule has 16 heavy (non-hydrogen) atoms. The highest BCUT2D eigenvalue weighted by molar-refractivity contribution is 7.81. The minimum Gasteiger partial charge on any atom is -0.360 e. The van der Waals surface area contributed by atoms with Crippen LogP contribution in [0.5, 0.6) is 0 Å². The Morgan fingerprint density at radius 3 is 3.06 bits per heavy atom. The molecule has 0 unspecified atom stereocenters. The first-order valence-electron chi connectivity index (χ1n) is 4.50. The van der Waals surface area contributed by atoms with Crippen molar-refractivity contribution < 1.29 is 9.32 Å². The maximum absolute atomic E-state index is 11.6. The molecule has 2 N–H and O–H groups in total. The van der Waals surface area contributed by atoms with E-state index in [1.165, 1.54) is 12.3 Å². The summed E-state index contributed by atoms with van der Waals surface area (Å²) in [7, 11) is 0. The fourth-order valence-corrected chi connectivity index (χ4v) is 1.84. The Bertz CT molecular complexity index is 431. The van der Waals surface area contributed by atoms with Gasteiger partial charge in [0, 0.05) is 19.2 Å². The van der Waals surface area contributed by atoms with Crippen molar-refractivity contribution in [1.82, 2.24) is 20.7 Å². The van der Waals surface area contributed by atoms with Gasteiger partial charge < -0.3 is 9.84 Å². The summed E-state index contributed by atoms with van der Waals surface area (Å²) in [6, 6.07) is 1.46. The van der Waals surface area contributed by atoms with Crippen LogP contribution >= 0.6 is 24.4 Å². The second kappa shape index (κ2) is 4.54. The fraction of sp³-hybridized carbons (Fsp3) is 0.250. The van der Waals surface area contributed by atoms with Gasteiger partial charge in [0.1, 0.15) is 0 Å². The highest BCUT2D eigenvalue weighted by atomic mass is 32.1. The van der Waals surface area contributed by atoms with Crippen molar-refractivity contribution in [3.8, 4) is 0 Å². The van der Waals surface area contributed by atoms with E-state index in [4.69, 9.17) is 29.0 Å². The minimum absolute atomic E-state index is 0.112. The number of nitrogens with one attached hydrogen (secondary N) is 2. The minimum atomic E-state index is -0.433. The molecule has 1 aromatic rings. The lowest BCUT2D eigenvalue weighted by molar-refractivity contribution is 0.0939. The van der Waals surface area contributed by atoms with Crippen molar-refractivity contribution in [2.24, 2.45) is 0 Å². The highest BCUT2D eigenvalue weighted by Crippen LogP contribution is 2.00. The summed E-state index contributed by atoms with van der Waals surface area (Å²) in [5.74, 6) is -0.322. The van der Waals surface area contributed by atoms with E-state index in [0.717, 1.165) is 6.54 Å². The number of carbonyl (C=O) groups is 1. The summed E-state index contributed by atoms with van der Waals surface area (Å²) < 4.78 is 4.70. The fourth-order valence-electron chi connectivity index (χ4n) is 1.22. The van der Waals surface area contributed by atoms with E-state index < -0.39 is 5.91 Å². The van der Waals surface area contributed by atoms with Crippen LogP contribution in [0.4, 0.5) is 0 Å². The van der Waals surface area contributed by atoms with E-state index in [2.05, 4.69) is 15.8 Å². The summed E-state index contributed by atoms with van der Waals surface area (Å²) in [5.41, 5.74) is 0. The Morgan fingerprint density at radius 2 is 2.50 bits per heavy atom. The van der Waals surface area contributed by atoms with Gasteiger partial charge in [0.25, 0.3) is 5.91 Å². The molecule has 0 radical (unpaired) electrons. The third-order valence-electron chi connectivity index (χ3n) is 1.98. The van der Waals surface area contributed by atoms with Crippen LogP contribution in [0, 0.1) is 0 Å². The first-order valence-corrected chi connectivity index (χ1v) is 5.31. The van der Waals surface area contributed by atoms with Crippen LogP contribution in [0.25, 0.3) is 0 Å².